The minimum Gasteiger partial charge on any atom is -0.444 e. The summed E-state index contributed by atoms with van der Waals surface area (Å²) in [5.41, 5.74) is -0.755. The maximum Gasteiger partial charge on any atom is 0.495 e. The number of piperidine rings is 1. The van der Waals surface area contributed by atoms with Gasteiger partial charge in [-0.25, -0.2) is 4.79 Å². The van der Waals surface area contributed by atoms with E-state index < -0.39 is 23.9 Å². The summed E-state index contributed by atoms with van der Waals surface area (Å²) in [5.74, 6) is 0.215. The first-order chi connectivity index (χ1) is 13.8. The Hall–Kier alpha value is -1.80. The van der Waals surface area contributed by atoms with E-state index in [1.165, 1.54) is 0 Å². The van der Waals surface area contributed by atoms with Crippen LogP contribution in [0.2, 0.25) is 0 Å². The van der Waals surface area contributed by atoms with Crippen molar-refractivity contribution in [1.29, 1.82) is 0 Å². The minimum absolute atomic E-state index is 0.0865. The summed E-state index contributed by atoms with van der Waals surface area (Å²) in [6, 6.07) is 3.48. The molecule has 166 valence electrons. The maximum atomic E-state index is 12.7. The molecule has 1 atom stereocenters. The molecule has 1 aromatic rings. The third-order valence-corrected chi connectivity index (χ3v) is 6.17. The zero-order valence-corrected chi connectivity index (χ0v) is 19.4. The van der Waals surface area contributed by atoms with Crippen LogP contribution in [0.5, 0.6) is 0 Å². The van der Waals surface area contributed by atoms with Crippen molar-refractivity contribution in [2.75, 3.05) is 13.1 Å². The predicted octanol–water partition coefficient (Wildman–Crippen LogP) is 2.79. The van der Waals surface area contributed by atoms with Crippen LogP contribution >= 0.6 is 0 Å². The quantitative estimate of drug-likeness (QED) is 0.707. The first-order valence-electron chi connectivity index (χ1n) is 10.8. The zero-order valence-electron chi connectivity index (χ0n) is 19.4. The third kappa shape index (κ3) is 5.09. The number of carbonyl (C=O) groups is 1. The number of amides is 1. The van der Waals surface area contributed by atoms with Gasteiger partial charge in [0.2, 0.25) is 5.56 Å². The number of rotatable bonds is 3. The van der Waals surface area contributed by atoms with Crippen molar-refractivity contribution in [2.45, 2.75) is 84.7 Å². The molecule has 0 spiro atoms. The molecule has 0 bridgehead atoms. The van der Waals surface area contributed by atoms with E-state index in [9.17, 15) is 9.59 Å². The summed E-state index contributed by atoms with van der Waals surface area (Å²) >= 11 is 0. The van der Waals surface area contributed by atoms with Crippen molar-refractivity contribution in [1.82, 2.24) is 9.47 Å². The molecule has 2 aliphatic rings. The molecule has 8 heteroatoms. The van der Waals surface area contributed by atoms with E-state index in [1.54, 1.807) is 21.7 Å². The van der Waals surface area contributed by atoms with Gasteiger partial charge in [0.05, 0.1) is 11.2 Å². The molecular weight excluding hydrogens is 383 g/mol. The van der Waals surface area contributed by atoms with E-state index in [4.69, 9.17) is 14.0 Å². The number of pyridine rings is 1. The van der Waals surface area contributed by atoms with E-state index in [0.717, 1.165) is 18.3 Å². The highest BCUT2D eigenvalue weighted by atomic mass is 16.7. The second-order valence-electron chi connectivity index (χ2n) is 10.5. The predicted molar refractivity (Wildman–Crippen MR) is 117 cm³/mol. The van der Waals surface area contributed by atoms with Gasteiger partial charge in [-0.15, -0.1) is 0 Å². The Bertz CT molecular complexity index is 827. The summed E-state index contributed by atoms with van der Waals surface area (Å²) in [7, 11) is -0.547. The fraction of sp³-hybridized carbons (Fsp3) is 0.727. The molecule has 3 heterocycles. The van der Waals surface area contributed by atoms with Crippen molar-refractivity contribution < 1.29 is 18.8 Å². The molecule has 0 radical (unpaired) electrons. The molecular formula is C22H35BN2O5. The van der Waals surface area contributed by atoms with Gasteiger partial charge in [-0.3, -0.25) is 4.79 Å². The smallest absolute Gasteiger partial charge is 0.444 e. The van der Waals surface area contributed by atoms with E-state index in [2.05, 4.69) is 0 Å². The van der Waals surface area contributed by atoms with Gasteiger partial charge < -0.3 is 23.5 Å². The van der Waals surface area contributed by atoms with Crippen LogP contribution in [-0.4, -0.2) is 52.6 Å². The molecule has 30 heavy (non-hydrogen) atoms. The van der Waals surface area contributed by atoms with Gasteiger partial charge in [-0.1, -0.05) is 0 Å². The van der Waals surface area contributed by atoms with Crippen molar-refractivity contribution in [2.24, 2.45) is 5.92 Å². The van der Waals surface area contributed by atoms with E-state index in [1.807, 2.05) is 54.5 Å². The average Bonchev–Trinajstić information content (AvgIpc) is 2.83. The van der Waals surface area contributed by atoms with Crippen LogP contribution in [0.1, 0.15) is 61.3 Å². The number of hydrogen-bond acceptors (Lipinski definition) is 5. The van der Waals surface area contributed by atoms with Gasteiger partial charge in [0, 0.05) is 31.9 Å². The molecule has 0 saturated carbocycles. The number of carbonyl (C=O) groups excluding carboxylic acids is 1. The average molecular weight is 418 g/mol. The van der Waals surface area contributed by atoms with E-state index in [-0.39, 0.29) is 17.6 Å². The fourth-order valence-corrected chi connectivity index (χ4v) is 3.78. The largest absolute Gasteiger partial charge is 0.495 e. The van der Waals surface area contributed by atoms with Gasteiger partial charge in [-0.2, -0.15) is 0 Å². The molecule has 2 saturated heterocycles. The number of hydrogen-bond donors (Lipinski definition) is 0. The van der Waals surface area contributed by atoms with Gasteiger partial charge in [-0.05, 0) is 78.8 Å². The fourth-order valence-electron chi connectivity index (χ4n) is 3.78. The number of nitrogens with zero attached hydrogens (tertiary/aromatic N) is 2. The maximum absolute atomic E-state index is 12.7. The van der Waals surface area contributed by atoms with Crippen molar-refractivity contribution >= 4 is 18.7 Å². The van der Waals surface area contributed by atoms with Crippen molar-refractivity contribution in [3.63, 3.8) is 0 Å². The highest BCUT2D eigenvalue weighted by Crippen LogP contribution is 2.36. The Morgan fingerprint density at radius 2 is 1.87 bits per heavy atom. The summed E-state index contributed by atoms with van der Waals surface area (Å²) in [5, 5.41) is 0. The lowest BCUT2D eigenvalue weighted by Crippen LogP contribution is -2.44. The molecule has 7 nitrogen and oxygen atoms in total. The molecule has 1 amide bonds. The lowest BCUT2D eigenvalue weighted by Gasteiger charge is -2.34. The monoisotopic (exact) mass is 418 g/mol. The standard InChI is InChI=1S/C22H35BN2O5/c1-20(2,3)28-19(27)25-11-8-9-16(15-25)14-24-12-10-17(13-18(24)26)23-29-21(4,5)22(6,7)30-23/h10,12-13,16H,8-9,11,14-15H2,1-7H3/t16-/m0/s1. The number of ether oxygens (including phenoxy) is 1. The Labute approximate surface area is 179 Å². The molecule has 0 unspecified atom stereocenters. The van der Waals surface area contributed by atoms with Crippen LogP contribution in [0.15, 0.2) is 23.1 Å². The summed E-state index contributed by atoms with van der Waals surface area (Å²) in [4.78, 5) is 26.9. The molecule has 0 aliphatic carbocycles. The van der Waals surface area contributed by atoms with Crippen LogP contribution in [-0.2, 0) is 20.6 Å². The van der Waals surface area contributed by atoms with Crippen LogP contribution in [0.3, 0.4) is 0 Å². The lowest BCUT2D eigenvalue weighted by atomic mass is 9.80. The Balaban J connectivity index is 1.65. The summed E-state index contributed by atoms with van der Waals surface area (Å²) in [6.07, 6.45) is 3.40. The Morgan fingerprint density at radius 1 is 1.23 bits per heavy atom. The highest BCUT2D eigenvalue weighted by Gasteiger charge is 2.51. The van der Waals surface area contributed by atoms with Gasteiger partial charge in [0.15, 0.2) is 0 Å². The first-order valence-corrected chi connectivity index (χ1v) is 10.8. The lowest BCUT2D eigenvalue weighted by molar-refractivity contribution is 0.00578. The molecule has 0 N–H and O–H groups in total. The van der Waals surface area contributed by atoms with E-state index >= 15 is 0 Å². The SMILES string of the molecule is CC(C)(C)OC(=O)N1CCC[C@@H](Cn2ccc(B3OC(C)(C)C(C)(C)O3)cc2=O)C1. The van der Waals surface area contributed by atoms with Crippen LogP contribution in [0, 0.1) is 5.92 Å². The number of likely N-dealkylation sites (tertiary alicyclic amines) is 1. The zero-order chi connectivity index (χ0) is 22.3. The van der Waals surface area contributed by atoms with Crippen molar-refractivity contribution in [3.05, 3.63) is 28.7 Å². The first kappa shape index (κ1) is 22.9. The topological polar surface area (TPSA) is 70.0 Å². The van der Waals surface area contributed by atoms with Crippen LogP contribution in [0.4, 0.5) is 4.79 Å². The molecule has 1 aromatic heterocycles. The second kappa shape index (κ2) is 8.04. The van der Waals surface area contributed by atoms with Crippen molar-refractivity contribution in [3.8, 4) is 0 Å². The molecule has 3 rings (SSSR count). The minimum atomic E-state index is -0.547. The normalized spacial score (nSPS) is 23.5. The van der Waals surface area contributed by atoms with Crippen LogP contribution < -0.4 is 11.0 Å². The highest BCUT2D eigenvalue weighted by molar-refractivity contribution is 6.62. The second-order valence-corrected chi connectivity index (χ2v) is 10.5. The molecule has 0 aromatic carbocycles. The van der Waals surface area contributed by atoms with Crippen LogP contribution in [0.25, 0.3) is 0 Å². The molecule has 2 fully saturated rings. The summed E-state index contributed by atoms with van der Waals surface area (Å²) < 4.78 is 19.3. The summed E-state index contributed by atoms with van der Waals surface area (Å²) in [6.45, 7) is 15.4. The van der Waals surface area contributed by atoms with E-state index in [0.29, 0.717) is 19.6 Å². The third-order valence-electron chi connectivity index (χ3n) is 6.17. The Morgan fingerprint density at radius 3 is 2.43 bits per heavy atom. The van der Waals surface area contributed by atoms with Gasteiger partial charge >= 0.3 is 13.2 Å². The van der Waals surface area contributed by atoms with Gasteiger partial charge in [0.25, 0.3) is 0 Å². The van der Waals surface area contributed by atoms with Gasteiger partial charge in [0.1, 0.15) is 5.60 Å². The molecule has 2 aliphatic heterocycles. The Kier molecular flexibility index (Phi) is 6.13. The number of aromatic nitrogens is 1.